The summed E-state index contributed by atoms with van der Waals surface area (Å²) in [5, 5.41) is 0. The predicted octanol–water partition coefficient (Wildman–Crippen LogP) is 5.82. The number of benzene rings is 1. The molecule has 2 fully saturated rings. The minimum atomic E-state index is 0.350. The molecule has 3 nitrogen and oxygen atoms in total. The number of rotatable bonds is 11. The molecule has 1 atom stereocenters. The summed E-state index contributed by atoms with van der Waals surface area (Å²) in [6, 6.07) is 9.04. The SMILES string of the molecule is C=CC(Cc1ccc(C2=C[CH]2)cc1)/C(=C\C(=C)C1CCN(CCN2CCOCC2)CC1)C(C)C. The molecule has 1 aliphatic carbocycles. The van der Waals surface area contributed by atoms with Crippen molar-refractivity contribution < 1.29 is 4.74 Å². The Hall–Kier alpha value is -1.94. The highest BCUT2D eigenvalue weighted by Gasteiger charge is 2.23. The summed E-state index contributed by atoms with van der Waals surface area (Å²) in [6.07, 6.45) is 12.3. The van der Waals surface area contributed by atoms with Crippen molar-refractivity contribution in [2.45, 2.75) is 33.1 Å². The summed E-state index contributed by atoms with van der Waals surface area (Å²) in [5.74, 6) is 1.43. The Morgan fingerprint density at radius 3 is 2.21 bits per heavy atom. The van der Waals surface area contributed by atoms with Crippen LogP contribution in [0.15, 0.2) is 66.8 Å². The van der Waals surface area contributed by atoms with E-state index >= 15 is 0 Å². The summed E-state index contributed by atoms with van der Waals surface area (Å²) in [6.45, 7) is 22.0. The average molecular weight is 460 g/mol. The Balaban J connectivity index is 1.30. The lowest BCUT2D eigenvalue weighted by molar-refractivity contribution is 0.0318. The Morgan fingerprint density at radius 1 is 1.03 bits per heavy atom. The summed E-state index contributed by atoms with van der Waals surface area (Å²) >= 11 is 0. The first-order valence-corrected chi connectivity index (χ1v) is 13.2. The third-order valence-electron chi connectivity index (χ3n) is 7.76. The molecule has 2 saturated heterocycles. The normalized spacial score (nSPS) is 21.4. The largest absolute Gasteiger partial charge is 0.379 e. The minimum Gasteiger partial charge on any atom is -0.379 e. The van der Waals surface area contributed by atoms with Crippen LogP contribution in [0.5, 0.6) is 0 Å². The lowest BCUT2D eigenvalue weighted by atomic mass is 9.81. The molecule has 0 bridgehead atoms. The van der Waals surface area contributed by atoms with E-state index in [2.05, 4.69) is 85.7 Å². The maximum Gasteiger partial charge on any atom is 0.0594 e. The highest BCUT2D eigenvalue weighted by molar-refractivity contribution is 5.87. The van der Waals surface area contributed by atoms with Gasteiger partial charge in [-0.25, -0.2) is 0 Å². The first kappa shape index (κ1) is 25.2. The van der Waals surface area contributed by atoms with Crippen molar-refractivity contribution >= 4 is 5.57 Å². The molecule has 0 N–H and O–H groups in total. The minimum absolute atomic E-state index is 0.350. The van der Waals surface area contributed by atoms with Crippen molar-refractivity contribution in [3.63, 3.8) is 0 Å². The number of nitrogens with zero attached hydrogens (tertiary/aromatic N) is 2. The van der Waals surface area contributed by atoms with Gasteiger partial charge in [0.25, 0.3) is 0 Å². The number of hydrogen-bond donors (Lipinski definition) is 0. The molecule has 1 unspecified atom stereocenters. The van der Waals surface area contributed by atoms with Gasteiger partial charge in [-0.15, -0.1) is 6.58 Å². The molecule has 0 aromatic heterocycles. The molecule has 4 rings (SSSR count). The van der Waals surface area contributed by atoms with Gasteiger partial charge in [-0.05, 0) is 60.9 Å². The molecular formula is C31H43N2O. The molecule has 0 amide bonds. The Kier molecular flexibility index (Phi) is 8.99. The van der Waals surface area contributed by atoms with E-state index in [-0.39, 0.29) is 0 Å². The molecule has 34 heavy (non-hydrogen) atoms. The fourth-order valence-corrected chi connectivity index (χ4v) is 5.33. The van der Waals surface area contributed by atoms with Gasteiger partial charge < -0.3 is 9.64 Å². The molecule has 0 spiro atoms. The van der Waals surface area contributed by atoms with Crippen LogP contribution in [0.2, 0.25) is 0 Å². The quantitative estimate of drug-likeness (QED) is 0.306. The van der Waals surface area contributed by atoms with Crippen molar-refractivity contribution in [3.8, 4) is 0 Å². The van der Waals surface area contributed by atoms with Gasteiger partial charge in [-0.2, -0.15) is 0 Å². The van der Waals surface area contributed by atoms with Gasteiger partial charge in [0.05, 0.1) is 13.2 Å². The van der Waals surface area contributed by atoms with Crippen LogP contribution in [0.1, 0.15) is 37.8 Å². The third kappa shape index (κ3) is 7.04. The zero-order valence-corrected chi connectivity index (χ0v) is 21.3. The van der Waals surface area contributed by atoms with E-state index in [0.717, 1.165) is 32.7 Å². The molecule has 2 aliphatic heterocycles. The monoisotopic (exact) mass is 459 g/mol. The number of likely N-dealkylation sites (tertiary alicyclic amines) is 1. The van der Waals surface area contributed by atoms with Crippen LogP contribution in [0.4, 0.5) is 0 Å². The van der Waals surface area contributed by atoms with Gasteiger partial charge in [0.2, 0.25) is 0 Å². The second-order valence-electron chi connectivity index (χ2n) is 10.5. The van der Waals surface area contributed by atoms with E-state index in [0.29, 0.717) is 17.8 Å². The van der Waals surface area contributed by atoms with E-state index < -0.39 is 0 Å². The number of piperidine rings is 1. The molecule has 1 aromatic carbocycles. The Bertz CT molecular complexity index is 881. The number of allylic oxidation sites excluding steroid dienone is 6. The fraction of sp³-hybridized carbons (Fsp3) is 0.516. The van der Waals surface area contributed by atoms with Crippen molar-refractivity contribution in [3.05, 3.63) is 84.3 Å². The molecular weight excluding hydrogens is 416 g/mol. The fourth-order valence-electron chi connectivity index (χ4n) is 5.33. The second kappa shape index (κ2) is 12.2. The van der Waals surface area contributed by atoms with Crippen molar-refractivity contribution in [1.29, 1.82) is 0 Å². The van der Waals surface area contributed by atoms with Crippen LogP contribution in [-0.2, 0) is 11.2 Å². The highest BCUT2D eigenvalue weighted by atomic mass is 16.5. The lowest BCUT2D eigenvalue weighted by Crippen LogP contribution is -2.43. The van der Waals surface area contributed by atoms with Crippen molar-refractivity contribution in [2.24, 2.45) is 17.8 Å². The van der Waals surface area contributed by atoms with E-state index in [9.17, 15) is 0 Å². The molecule has 183 valence electrons. The number of morpholine rings is 1. The first-order valence-electron chi connectivity index (χ1n) is 13.2. The van der Waals surface area contributed by atoms with Crippen LogP contribution in [-0.4, -0.2) is 62.3 Å². The maximum absolute atomic E-state index is 5.47. The highest BCUT2D eigenvalue weighted by Crippen LogP contribution is 2.32. The van der Waals surface area contributed by atoms with Crippen molar-refractivity contribution in [1.82, 2.24) is 9.80 Å². The van der Waals surface area contributed by atoms with Crippen LogP contribution < -0.4 is 0 Å². The van der Waals surface area contributed by atoms with Crippen molar-refractivity contribution in [2.75, 3.05) is 52.5 Å². The average Bonchev–Trinajstić information content (AvgIpc) is 3.71. The van der Waals surface area contributed by atoms with Crippen LogP contribution >= 0.6 is 0 Å². The maximum atomic E-state index is 5.47. The predicted molar refractivity (Wildman–Crippen MR) is 145 cm³/mol. The van der Waals surface area contributed by atoms with Gasteiger partial charge in [-0.3, -0.25) is 4.90 Å². The first-order chi connectivity index (χ1) is 16.5. The van der Waals surface area contributed by atoms with E-state index in [1.807, 2.05) is 0 Å². The molecule has 1 radical (unpaired) electrons. The van der Waals surface area contributed by atoms with E-state index in [1.54, 1.807) is 0 Å². The Labute approximate surface area is 207 Å². The van der Waals surface area contributed by atoms with Crippen LogP contribution in [0.25, 0.3) is 5.57 Å². The van der Waals surface area contributed by atoms with Crippen LogP contribution in [0.3, 0.4) is 0 Å². The lowest BCUT2D eigenvalue weighted by Gasteiger charge is -2.35. The van der Waals surface area contributed by atoms with Crippen LogP contribution in [0, 0.1) is 24.2 Å². The van der Waals surface area contributed by atoms with E-state index in [4.69, 9.17) is 4.74 Å². The smallest absolute Gasteiger partial charge is 0.0594 e. The number of ether oxygens (including phenoxy) is 1. The Morgan fingerprint density at radius 2 is 1.65 bits per heavy atom. The zero-order valence-electron chi connectivity index (χ0n) is 21.3. The second-order valence-corrected chi connectivity index (χ2v) is 10.5. The summed E-state index contributed by atoms with van der Waals surface area (Å²) in [7, 11) is 0. The molecule has 2 heterocycles. The van der Waals surface area contributed by atoms with Gasteiger partial charge in [0, 0.05) is 38.5 Å². The summed E-state index contributed by atoms with van der Waals surface area (Å²) in [4.78, 5) is 5.18. The van der Waals surface area contributed by atoms with Gasteiger partial charge in [0.15, 0.2) is 0 Å². The summed E-state index contributed by atoms with van der Waals surface area (Å²) < 4.78 is 5.47. The van der Waals surface area contributed by atoms with Gasteiger partial charge >= 0.3 is 0 Å². The molecule has 3 aliphatic rings. The molecule has 1 aromatic rings. The topological polar surface area (TPSA) is 15.7 Å². The third-order valence-corrected chi connectivity index (χ3v) is 7.76. The molecule has 3 heteroatoms. The summed E-state index contributed by atoms with van der Waals surface area (Å²) in [5.41, 5.74) is 6.84. The standard InChI is InChI=1S/C31H43N2O/c1-5-27(23-26-6-8-29(9-7-26)30-10-11-30)31(24(2)3)22-25(4)28-12-14-32(15-13-28)16-17-33-18-20-34-21-19-33/h5-11,22,24,27-28H,1,4,12-21,23H2,2-3H3/b31-22-. The zero-order chi connectivity index (χ0) is 23.9. The number of hydrogen-bond acceptors (Lipinski definition) is 3. The van der Waals surface area contributed by atoms with Gasteiger partial charge in [0.1, 0.15) is 0 Å². The molecule has 0 saturated carbocycles. The van der Waals surface area contributed by atoms with E-state index in [1.165, 1.54) is 66.9 Å². The van der Waals surface area contributed by atoms with Gasteiger partial charge in [-0.1, -0.05) is 74.1 Å².